The summed E-state index contributed by atoms with van der Waals surface area (Å²) in [5.74, 6) is 0.188. The SMILES string of the molecule is COCCCS(=O)(=O)N1CCN[C@@H](C)C1. The predicted molar refractivity (Wildman–Crippen MR) is 59.3 cm³/mol. The van der Waals surface area contributed by atoms with Crippen molar-refractivity contribution in [2.75, 3.05) is 39.1 Å². The number of rotatable bonds is 5. The van der Waals surface area contributed by atoms with E-state index in [1.54, 1.807) is 11.4 Å². The number of nitrogens with zero attached hydrogens (tertiary/aromatic N) is 1. The van der Waals surface area contributed by atoms with E-state index in [2.05, 4.69) is 5.32 Å². The monoisotopic (exact) mass is 236 g/mol. The zero-order valence-corrected chi connectivity index (χ0v) is 10.2. The van der Waals surface area contributed by atoms with Crippen LogP contribution in [0.25, 0.3) is 0 Å². The Morgan fingerprint density at radius 3 is 2.87 bits per heavy atom. The van der Waals surface area contributed by atoms with Gasteiger partial charge in [0.1, 0.15) is 0 Å². The van der Waals surface area contributed by atoms with Crippen LogP contribution < -0.4 is 5.32 Å². The van der Waals surface area contributed by atoms with Crippen molar-refractivity contribution in [2.24, 2.45) is 0 Å². The first kappa shape index (κ1) is 12.9. The van der Waals surface area contributed by atoms with Gasteiger partial charge < -0.3 is 10.1 Å². The van der Waals surface area contributed by atoms with Crippen molar-refractivity contribution in [3.8, 4) is 0 Å². The summed E-state index contributed by atoms with van der Waals surface area (Å²) in [5, 5.41) is 3.22. The summed E-state index contributed by atoms with van der Waals surface area (Å²) >= 11 is 0. The highest BCUT2D eigenvalue weighted by Crippen LogP contribution is 2.07. The second kappa shape index (κ2) is 5.79. The van der Waals surface area contributed by atoms with E-state index < -0.39 is 10.0 Å². The molecule has 0 amide bonds. The second-order valence-corrected chi connectivity index (χ2v) is 5.96. The summed E-state index contributed by atoms with van der Waals surface area (Å²) in [7, 11) is -1.49. The average Bonchev–Trinajstić information content (AvgIpc) is 2.18. The van der Waals surface area contributed by atoms with Gasteiger partial charge in [-0.25, -0.2) is 8.42 Å². The Labute approximate surface area is 91.8 Å². The van der Waals surface area contributed by atoms with Crippen molar-refractivity contribution >= 4 is 10.0 Å². The molecule has 0 bridgehead atoms. The average molecular weight is 236 g/mol. The van der Waals surface area contributed by atoms with Gasteiger partial charge in [-0.15, -0.1) is 0 Å². The smallest absolute Gasteiger partial charge is 0.214 e. The molecule has 1 heterocycles. The van der Waals surface area contributed by atoms with Gasteiger partial charge in [0, 0.05) is 39.4 Å². The first-order chi connectivity index (χ1) is 7.06. The molecule has 0 aromatic heterocycles. The number of methoxy groups -OCH3 is 1. The fourth-order valence-electron chi connectivity index (χ4n) is 1.66. The van der Waals surface area contributed by atoms with Crippen LogP contribution in [0.15, 0.2) is 0 Å². The minimum Gasteiger partial charge on any atom is -0.385 e. The van der Waals surface area contributed by atoms with Gasteiger partial charge in [0.25, 0.3) is 0 Å². The van der Waals surface area contributed by atoms with E-state index in [0.29, 0.717) is 26.1 Å². The molecule has 1 rings (SSSR count). The quantitative estimate of drug-likeness (QED) is 0.663. The topological polar surface area (TPSA) is 58.6 Å². The normalized spacial score (nSPS) is 24.3. The largest absolute Gasteiger partial charge is 0.385 e. The standard InChI is InChI=1S/C9H20N2O3S/c1-9-8-11(5-4-10-9)15(12,13)7-3-6-14-2/h9-10H,3-8H2,1-2H3/t9-/m0/s1. The number of ether oxygens (including phenoxy) is 1. The van der Waals surface area contributed by atoms with E-state index in [1.165, 1.54) is 0 Å². The molecule has 0 saturated carbocycles. The Morgan fingerprint density at radius 1 is 1.53 bits per heavy atom. The molecule has 0 radical (unpaired) electrons. The first-order valence-corrected chi connectivity index (χ1v) is 6.87. The van der Waals surface area contributed by atoms with Crippen molar-refractivity contribution in [1.82, 2.24) is 9.62 Å². The van der Waals surface area contributed by atoms with Gasteiger partial charge in [0.15, 0.2) is 0 Å². The van der Waals surface area contributed by atoms with E-state index >= 15 is 0 Å². The van der Waals surface area contributed by atoms with Gasteiger partial charge in [-0.2, -0.15) is 4.31 Å². The van der Waals surface area contributed by atoms with Crippen LogP contribution in [0.3, 0.4) is 0 Å². The summed E-state index contributed by atoms with van der Waals surface area (Å²) < 4.78 is 30.1. The molecule has 0 aliphatic carbocycles. The van der Waals surface area contributed by atoms with Crippen LogP contribution in [-0.2, 0) is 14.8 Å². The summed E-state index contributed by atoms with van der Waals surface area (Å²) in [6.45, 7) is 4.40. The Balaban J connectivity index is 2.45. The lowest BCUT2D eigenvalue weighted by molar-refractivity contribution is 0.199. The van der Waals surface area contributed by atoms with Gasteiger partial charge in [-0.1, -0.05) is 0 Å². The highest BCUT2D eigenvalue weighted by molar-refractivity contribution is 7.89. The lowest BCUT2D eigenvalue weighted by atomic mass is 10.3. The van der Waals surface area contributed by atoms with Crippen molar-refractivity contribution in [2.45, 2.75) is 19.4 Å². The third kappa shape index (κ3) is 4.06. The Bertz CT molecular complexity index is 279. The molecular formula is C9H20N2O3S. The highest BCUT2D eigenvalue weighted by Gasteiger charge is 2.25. The molecular weight excluding hydrogens is 216 g/mol. The maximum absolute atomic E-state index is 11.8. The molecule has 1 fully saturated rings. The Morgan fingerprint density at radius 2 is 2.27 bits per heavy atom. The zero-order chi connectivity index (χ0) is 11.3. The van der Waals surface area contributed by atoms with E-state index in [9.17, 15) is 8.42 Å². The molecule has 1 atom stereocenters. The van der Waals surface area contributed by atoms with Crippen LogP contribution in [0.2, 0.25) is 0 Å². The maximum Gasteiger partial charge on any atom is 0.214 e. The molecule has 0 aromatic carbocycles. The first-order valence-electron chi connectivity index (χ1n) is 5.26. The summed E-state index contributed by atoms with van der Waals surface area (Å²) in [6, 6.07) is 0.246. The van der Waals surface area contributed by atoms with Gasteiger partial charge in [0.05, 0.1) is 5.75 Å². The van der Waals surface area contributed by atoms with Gasteiger partial charge >= 0.3 is 0 Å². The van der Waals surface area contributed by atoms with Crippen LogP contribution in [0, 0.1) is 0 Å². The molecule has 1 N–H and O–H groups in total. The molecule has 90 valence electrons. The second-order valence-electron chi connectivity index (χ2n) is 3.88. The Kier molecular flexibility index (Phi) is 4.98. The zero-order valence-electron chi connectivity index (χ0n) is 9.40. The molecule has 1 aliphatic heterocycles. The van der Waals surface area contributed by atoms with Crippen LogP contribution >= 0.6 is 0 Å². The highest BCUT2D eigenvalue weighted by atomic mass is 32.2. The molecule has 0 unspecified atom stereocenters. The predicted octanol–water partition coefficient (Wildman–Crippen LogP) is -0.354. The van der Waals surface area contributed by atoms with E-state index in [-0.39, 0.29) is 11.8 Å². The number of nitrogens with one attached hydrogen (secondary N) is 1. The summed E-state index contributed by atoms with van der Waals surface area (Å²) in [6.07, 6.45) is 0.567. The maximum atomic E-state index is 11.8. The number of hydrogen-bond acceptors (Lipinski definition) is 4. The minimum atomic E-state index is -3.08. The molecule has 0 aromatic rings. The molecule has 15 heavy (non-hydrogen) atoms. The van der Waals surface area contributed by atoms with Crippen molar-refractivity contribution in [1.29, 1.82) is 0 Å². The van der Waals surface area contributed by atoms with E-state index in [4.69, 9.17) is 4.74 Å². The van der Waals surface area contributed by atoms with Crippen LogP contribution in [-0.4, -0.2) is 57.9 Å². The number of piperazine rings is 1. The van der Waals surface area contributed by atoms with Gasteiger partial charge in [-0.3, -0.25) is 0 Å². The molecule has 6 heteroatoms. The van der Waals surface area contributed by atoms with Crippen molar-refractivity contribution in [3.63, 3.8) is 0 Å². The fraction of sp³-hybridized carbons (Fsp3) is 1.00. The van der Waals surface area contributed by atoms with E-state index in [0.717, 1.165) is 6.54 Å². The number of sulfonamides is 1. The lowest BCUT2D eigenvalue weighted by Gasteiger charge is -2.30. The summed E-state index contributed by atoms with van der Waals surface area (Å²) in [5.41, 5.74) is 0. The van der Waals surface area contributed by atoms with Crippen LogP contribution in [0.4, 0.5) is 0 Å². The van der Waals surface area contributed by atoms with Gasteiger partial charge in [-0.05, 0) is 13.3 Å². The van der Waals surface area contributed by atoms with Crippen molar-refractivity contribution < 1.29 is 13.2 Å². The summed E-state index contributed by atoms with van der Waals surface area (Å²) in [4.78, 5) is 0. The third-order valence-electron chi connectivity index (χ3n) is 2.48. The van der Waals surface area contributed by atoms with Gasteiger partial charge in [0.2, 0.25) is 10.0 Å². The number of hydrogen-bond donors (Lipinski definition) is 1. The lowest BCUT2D eigenvalue weighted by Crippen LogP contribution is -2.51. The van der Waals surface area contributed by atoms with Crippen LogP contribution in [0.5, 0.6) is 0 Å². The molecule has 5 nitrogen and oxygen atoms in total. The Hall–Kier alpha value is -0.170. The third-order valence-corrected chi connectivity index (χ3v) is 4.40. The molecule has 0 spiro atoms. The van der Waals surface area contributed by atoms with Crippen LogP contribution in [0.1, 0.15) is 13.3 Å². The minimum absolute atomic E-state index is 0.188. The van der Waals surface area contributed by atoms with E-state index in [1.807, 2.05) is 6.92 Å². The molecule has 1 saturated heterocycles. The molecule has 1 aliphatic rings. The van der Waals surface area contributed by atoms with Crippen molar-refractivity contribution in [3.05, 3.63) is 0 Å². The fourth-order valence-corrected chi connectivity index (χ4v) is 3.23.